The molecule has 1 aliphatic heterocycles. The van der Waals surface area contributed by atoms with E-state index >= 15 is 0 Å². The molecule has 1 spiro atoms. The Morgan fingerprint density at radius 1 is 0.959 bits per heavy atom. The van der Waals surface area contributed by atoms with Crippen LogP contribution in [0.5, 0.6) is 11.5 Å². The summed E-state index contributed by atoms with van der Waals surface area (Å²) in [6.07, 6.45) is -7.06. The molecule has 49 heavy (non-hydrogen) atoms. The third-order valence-corrected chi connectivity index (χ3v) is 9.91. The molecule has 2 aromatic rings. The summed E-state index contributed by atoms with van der Waals surface area (Å²) in [6.45, 7) is 0. The Hall–Kier alpha value is -4.99. The van der Waals surface area contributed by atoms with Crippen LogP contribution in [0.2, 0.25) is 0 Å². The minimum absolute atomic E-state index is 0.0371. The third-order valence-electron chi connectivity index (χ3n) is 9.91. The zero-order valence-electron chi connectivity index (χ0n) is 26.1. The predicted molar refractivity (Wildman–Crippen MR) is 161 cm³/mol. The van der Waals surface area contributed by atoms with E-state index in [4.69, 9.17) is 28.8 Å². The zero-order chi connectivity index (χ0) is 35.2. The molecule has 0 aromatic heterocycles. The SMILES string of the molecule is COc1ccc2c3c1O[C@@H]1C(OC(=O)[C@H](O)[C@@H](O)C(=O)O[C@H](C(=O)O[C@@H](CC(=O)O)C(=O)O)c4ccccc4)=CC[C@]4(O)[C@@H](CCC[C@@]314)C2. The first-order valence-corrected chi connectivity index (χ1v) is 15.6. The Morgan fingerprint density at radius 2 is 1.67 bits per heavy atom. The van der Waals surface area contributed by atoms with Crippen molar-refractivity contribution in [3.63, 3.8) is 0 Å². The Bertz CT molecular complexity index is 1720. The smallest absolute Gasteiger partial charge is 0.353 e. The average molecular weight is 683 g/mol. The number of ether oxygens (including phenoxy) is 5. The highest BCUT2D eigenvalue weighted by molar-refractivity contribution is 5.89. The summed E-state index contributed by atoms with van der Waals surface area (Å²) < 4.78 is 27.3. The first-order chi connectivity index (χ1) is 23.3. The third kappa shape index (κ3) is 5.56. The molecule has 1 heterocycles. The van der Waals surface area contributed by atoms with Gasteiger partial charge in [-0.3, -0.25) is 4.79 Å². The van der Waals surface area contributed by atoms with E-state index in [0.717, 1.165) is 24.0 Å². The van der Waals surface area contributed by atoms with Crippen molar-refractivity contribution in [3.8, 4) is 11.5 Å². The van der Waals surface area contributed by atoms with Gasteiger partial charge in [-0.15, -0.1) is 0 Å². The minimum atomic E-state index is -2.60. The van der Waals surface area contributed by atoms with Gasteiger partial charge in [-0.25, -0.2) is 19.2 Å². The topological polar surface area (TPSA) is 233 Å². The lowest BCUT2D eigenvalue weighted by molar-refractivity contribution is -0.187. The number of aliphatic hydroxyl groups is 3. The van der Waals surface area contributed by atoms with Gasteiger partial charge in [-0.1, -0.05) is 42.8 Å². The molecule has 0 radical (unpaired) electrons. The summed E-state index contributed by atoms with van der Waals surface area (Å²) in [6, 6.07) is 10.8. The van der Waals surface area contributed by atoms with Crippen LogP contribution in [0.1, 0.15) is 54.9 Å². The number of carbonyl (C=O) groups excluding carboxylic acids is 3. The van der Waals surface area contributed by atoms with Crippen molar-refractivity contribution in [2.24, 2.45) is 5.92 Å². The number of hydrogen-bond acceptors (Lipinski definition) is 13. The molecule has 15 nitrogen and oxygen atoms in total. The maximum atomic E-state index is 13.2. The number of carboxylic acids is 2. The number of carboxylic acid groups (broad SMARTS) is 2. The van der Waals surface area contributed by atoms with Crippen molar-refractivity contribution in [2.75, 3.05) is 7.11 Å². The van der Waals surface area contributed by atoms with Crippen molar-refractivity contribution < 1.29 is 73.2 Å². The average Bonchev–Trinajstić information content (AvgIpc) is 3.42. The molecule has 4 aliphatic rings. The van der Waals surface area contributed by atoms with Gasteiger partial charge in [0.15, 0.2) is 29.8 Å². The second kappa shape index (κ2) is 12.8. The zero-order valence-corrected chi connectivity index (χ0v) is 26.1. The standard InChI is InChI=1S/C34H34O15/c1-45-19-10-9-17-14-18-8-5-12-33-23(17)27(19)48-28(33)20(11-13-34(18,33)44)46-30(41)24(37)25(38)31(42)49-26(16-6-3-2-4-7-16)32(43)47-21(29(39)40)15-22(35)36/h2-4,6-7,9-11,18,21,24-26,28,37-38,44H,5,8,12-15H2,1H3,(H,35,36)(H,39,40)/t18-,21-,24+,25+,26-,28+,33+,34-/m0/s1. The fourth-order valence-corrected chi connectivity index (χ4v) is 7.72. The van der Waals surface area contributed by atoms with Crippen LogP contribution in [0.25, 0.3) is 0 Å². The van der Waals surface area contributed by atoms with Crippen LogP contribution >= 0.6 is 0 Å². The molecule has 15 heteroatoms. The van der Waals surface area contributed by atoms with Crippen LogP contribution in [0.3, 0.4) is 0 Å². The lowest BCUT2D eigenvalue weighted by Gasteiger charge is -2.59. The van der Waals surface area contributed by atoms with Crippen LogP contribution < -0.4 is 9.47 Å². The number of aliphatic hydroxyl groups excluding tert-OH is 2. The lowest BCUT2D eigenvalue weighted by atomic mass is 9.47. The molecule has 5 N–H and O–H groups in total. The molecular formula is C34H34O15. The maximum Gasteiger partial charge on any atom is 0.353 e. The summed E-state index contributed by atoms with van der Waals surface area (Å²) in [5.41, 5.74) is -0.479. The van der Waals surface area contributed by atoms with E-state index in [0.29, 0.717) is 24.3 Å². The Labute approximate surface area is 278 Å². The number of aliphatic carboxylic acids is 2. The number of carbonyl (C=O) groups is 5. The first kappa shape index (κ1) is 33.9. The van der Waals surface area contributed by atoms with Gasteiger partial charge in [0.25, 0.3) is 0 Å². The maximum absolute atomic E-state index is 13.2. The Balaban J connectivity index is 1.20. The second-order valence-corrected chi connectivity index (χ2v) is 12.5. The van der Waals surface area contributed by atoms with E-state index in [9.17, 15) is 44.4 Å². The Morgan fingerprint density at radius 3 is 2.35 bits per heavy atom. The van der Waals surface area contributed by atoms with Crippen LogP contribution in [-0.4, -0.2) is 92.5 Å². The van der Waals surface area contributed by atoms with Crippen molar-refractivity contribution in [1.82, 2.24) is 0 Å². The van der Waals surface area contributed by atoms with Gasteiger partial charge in [-0.05, 0) is 49.3 Å². The van der Waals surface area contributed by atoms with Gasteiger partial charge in [0.05, 0.1) is 24.5 Å². The van der Waals surface area contributed by atoms with Gasteiger partial charge in [0.2, 0.25) is 12.2 Å². The van der Waals surface area contributed by atoms with Crippen LogP contribution in [-0.2, 0) is 50.0 Å². The molecule has 6 rings (SSSR count). The van der Waals surface area contributed by atoms with Gasteiger partial charge < -0.3 is 49.2 Å². The molecule has 1 saturated carbocycles. The van der Waals surface area contributed by atoms with Crippen LogP contribution in [0, 0.1) is 5.92 Å². The second-order valence-electron chi connectivity index (χ2n) is 12.5. The molecule has 0 saturated heterocycles. The number of hydrogen-bond donors (Lipinski definition) is 5. The van der Waals surface area contributed by atoms with E-state index in [2.05, 4.69) is 0 Å². The monoisotopic (exact) mass is 682 g/mol. The molecule has 260 valence electrons. The van der Waals surface area contributed by atoms with E-state index in [1.807, 2.05) is 6.07 Å². The van der Waals surface area contributed by atoms with Gasteiger partial charge in [0, 0.05) is 11.1 Å². The normalized spacial score (nSPS) is 26.7. The largest absolute Gasteiger partial charge is 0.493 e. The summed E-state index contributed by atoms with van der Waals surface area (Å²) in [5, 5.41) is 51.9. The number of benzene rings is 2. The number of esters is 3. The van der Waals surface area contributed by atoms with E-state index in [1.54, 1.807) is 12.1 Å². The Kier molecular flexibility index (Phi) is 8.85. The van der Waals surface area contributed by atoms with Crippen LogP contribution in [0.15, 0.2) is 54.3 Å². The molecule has 3 aliphatic carbocycles. The molecular weight excluding hydrogens is 648 g/mol. The van der Waals surface area contributed by atoms with Crippen molar-refractivity contribution >= 4 is 29.8 Å². The van der Waals surface area contributed by atoms with E-state index in [-0.39, 0.29) is 23.7 Å². The fourth-order valence-electron chi connectivity index (χ4n) is 7.72. The number of methoxy groups -OCH3 is 1. The van der Waals surface area contributed by atoms with Gasteiger partial charge in [-0.2, -0.15) is 0 Å². The molecule has 0 amide bonds. The van der Waals surface area contributed by atoms with Crippen molar-refractivity contribution in [2.45, 2.75) is 80.1 Å². The highest BCUT2D eigenvalue weighted by Crippen LogP contribution is 2.67. The number of rotatable bonds is 12. The summed E-state index contributed by atoms with van der Waals surface area (Å²) in [7, 11) is 1.48. The first-order valence-electron chi connectivity index (χ1n) is 15.6. The van der Waals surface area contributed by atoms with Crippen molar-refractivity contribution in [3.05, 3.63) is 71.0 Å². The van der Waals surface area contributed by atoms with Gasteiger partial charge >= 0.3 is 29.8 Å². The fraction of sp³-hybridized carbons (Fsp3) is 0.441. The van der Waals surface area contributed by atoms with Crippen LogP contribution in [0.4, 0.5) is 0 Å². The highest BCUT2D eigenvalue weighted by Gasteiger charge is 2.71. The summed E-state index contributed by atoms with van der Waals surface area (Å²) in [4.78, 5) is 61.7. The lowest BCUT2D eigenvalue weighted by Crippen LogP contribution is -2.67. The molecule has 8 atom stereocenters. The van der Waals surface area contributed by atoms with E-state index < -0.39 is 77.8 Å². The molecule has 1 fully saturated rings. The molecule has 2 aromatic carbocycles. The molecule has 2 bridgehead atoms. The minimum Gasteiger partial charge on any atom is -0.493 e. The quantitative estimate of drug-likeness (QED) is 0.156. The molecule has 0 unspecified atom stereocenters. The predicted octanol–water partition coefficient (Wildman–Crippen LogP) is 1.09. The highest BCUT2D eigenvalue weighted by atomic mass is 16.6. The van der Waals surface area contributed by atoms with Gasteiger partial charge in [0.1, 0.15) is 5.76 Å². The van der Waals surface area contributed by atoms with Crippen molar-refractivity contribution in [1.29, 1.82) is 0 Å². The summed E-state index contributed by atoms with van der Waals surface area (Å²) in [5.74, 6) is -7.25. The van der Waals surface area contributed by atoms with E-state index in [1.165, 1.54) is 37.5 Å². The summed E-state index contributed by atoms with van der Waals surface area (Å²) >= 11 is 0.